The Morgan fingerprint density at radius 1 is 1.27 bits per heavy atom. The van der Waals surface area contributed by atoms with E-state index < -0.39 is 10.1 Å². The van der Waals surface area contributed by atoms with Gasteiger partial charge in [-0.15, -0.1) is 0 Å². The van der Waals surface area contributed by atoms with Gasteiger partial charge in [-0.1, -0.05) is 28.6 Å². The summed E-state index contributed by atoms with van der Waals surface area (Å²) in [5, 5.41) is 0. The summed E-state index contributed by atoms with van der Waals surface area (Å²) in [6.45, 7) is 3.59. The second kappa shape index (κ2) is 4.67. The van der Waals surface area contributed by atoms with Gasteiger partial charge in [0.1, 0.15) is 4.90 Å². The van der Waals surface area contributed by atoms with E-state index in [-0.39, 0.29) is 9.37 Å². The predicted molar refractivity (Wildman–Crippen MR) is 69.4 cm³/mol. The third-order valence-electron chi connectivity index (χ3n) is 1.64. The van der Waals surface area contributed by atoms with E-state index in [4.69, 9.17) is 4.55 Å². The first kappa shape index (κ1) is 13.4. The van der Waals surface area contributed by atoms with Crippen molar-refractivity contribution in [2.45, 2.75) is 4.90 Å². The molecule has 0 aliphatic heterocycles. The van der Waals surface area contributed by atoms with E-state index in [9.17, 15) is 8.42 Å². The zero-order valence-corrected chi connectivity index (χ0v) is 12.7. The first-order valence-corrected chi connectivity index (χ1v) is 7.38. The molecular formula is C8H5Br3O3S. The van der Waals surface area contributed by atoms with Crippen LogP contribution >= 0.6 is 47.8 Å². The van der Waals surface area contributed by atoms with Crippen molar-refractivity contribution < 1.29 is 13.0 Å². The maximum absolute atomic E-state index is 11.0. The number of benzene rings is 1. The molecular weight excluding hydrogens is 416 g/mol. The molecule has 1 N–H and O–H groups in total. The second-order valence-electron chi connectivity index (χ2n) is 2.58. The summed E-state index contributed by atoms with van der Waals surface area (Å²) in [4.78, 5) is -0.202. The van der Waals surface area contributed by atoms with Gasteiger partial charge in [0.2, 0.25) is 0 Å². The molecule has 7 heteroatoms. The molecule has 0 heterocycles. The molecule has 0 aliphatic rings. The van der Waals surface area contributed by atoms with Crippen molar-refractivity contribution in [1.82, 2.24) is 0 Å². The molecule has 1 aromatic carbocycles. The van der Waals surface area contributed by atoms with Crippen molar-refractivity contribution in [3.8, 4) is 0 Å². The molecule has 0 spiro atoms. The Morgan fingerprint density at radius 2 is 1.80 bits per heavy atom. The van der Waals surface area contributed by atoms with E-state index in [1.807, 2.05) is 0 Å². The van der Waals surface area contributed by atoms with Crippen molar-refractivity contribution in [2.24, 2.45) is 0 Å². The molecule has 82 valence electrons. The number of hydrogen-bond donors (Lipinski definition) is 1. The molecule has 0 unspecified atom stereocenters. The van der Waals surface area contributed by atoms with Crippen LogP contribution in [0.25, 0.3) is 6.08 Å². The average molecular weight is 421 g/mol. The smallest absolute Gasteiger partial charge is 0.282 e. The largest absolute Gasteiger partial charge is 0.295 e. The van der Waals surface area contributed by atoms with E-state index in [0.717, 1.165) is 0 Å². The molecule has 0 amide bonds. The van der Waals surface area contributed by atoms with Gasteiger partial charge in [-0.2, -0.15) is 8.42 Å². The number of halogens is 3. The Kier molecular flexibility index (Phi) is 4.16. The van der Waals surface area contributed by atoms with Crippen LogP contribution in [-0.2, 0) is 10.1 Å². The Morgan fingerprint density at radius 3 is 2.20 bits per heavy atom. The third-order valence-corrected chi connectivity index (χ3v) is 5.62. The lowest BCUT2D eigenvalue weighted by Crippen LogP contribution is -2.00. The first-order chi connectivity index (χ1) is 6.79. The van der Waals surface area contributed by atoms with Crippen molar-refractivity contribution in [3.05, 3.63) is 31.6 Å². The minimum Gasteiger partial charge on any atom is -0.282 e. The second-order valence-corrected chi connectivity index (χ2v) is 6.41. The Labute approximate surface area is 113 Å². The average Bonchev–Trinajstić information content (AvgIpc) is 2.10. The van der Waals surface area contributed by atoms with Crippen LogP contribution in [0.2, 0.25) is 0 Å². The van der Waals surface area contributed by atoms with Crippen LogP contribution in [0, 0.1) is 0 Å². The normalized spacial score (nSPS) is 11.5. The summed E-state index contributed by atoms with van der Waals surface area (Å²) in [6, 6.07) is 1.31. The van der Waals surface area contributed by atoms with Gasteiger partial charge in [-0.05, 0) is 37.9 Å². The number of rotatable bonds is 2. The van der Waals surface area contributed by atoms with E-state index >= 15 is 0 Å². The maximum Gasteiger partial charge on any atom is 0.295 e. The Balaban J connectivity index is 3.70. The van der Waals surface area contributed by atoms with Gasteiger partial charge in [0, 0.05) is 14.5 Å². The maximum atomic E-state index is 11.0. The van der Waals surface area contributed by atoms with Crippen LogP contribution in [0.5, 0.6) is 0 Å². The minimum atomic E-state index is -4.24. The topological polar surface area (TPSA) is 54.4 Å². The van der Waals surface area contributed by atoms with Crippen LogP contribution in [0.15, 0.2) is 31.0 Å². The SMILES string of the molecule is C=Cc1c(Br)cc(S(=O)(=O)O)c(Br)c1Br. The van der Waals surface area contributed by atoms with Crippen molar-refractivity contribution >= 4 is 64.0 Å². The highest BCUT2D eigenvalue weighted by atomic mass is 79.9. The summed E-state index contributed by atoms with van der Waals surface area (Å²) in [5.41, 5.74) is 0.703. The van der Waals surface area contributed by atoms with Crippen LogP contribution in [-0.4, -0.2) is 13.0 Å². The van der Waals surface area contributed by atoms with E-state index in [2.05, 4.69) is 54.4 Å². The fraction of sp³-hybridized carbons (Fsp3) is 0. The monoisotopic (exact) mass is 418 g/mol. The summed E-state index contributed by atoms with van der Waals surface area (Å²) < 4.78 is 32.3. The molecule has 1 rings (SSSR count). The predicted octanol–water partition coefficient (Wildman–Crippen LogP) is 3.86. The third kappa shape index (κ3) is 2.71. The zero-order valence-electron chi connectivity index (χ0n) is 7.17. The summed E-state index contributed by atoms with van der Waals surface area (Å²) >= 11 is 9.49. The highest BCUT2D eigenvalue weighted by Crippen LogP contribution is 2.37. The molecule has 0 atom stereocenters. The standard InChI is InChI=1S/C8H5Br3O3S/c1-2-4-5(9)3-6(15(12,13)14)8(11)7(4)10/h2-3H,1H2,(H,12,13,14). The molecule has 0 bridgehead atoms. The highest BCUT2D eigenvalue weighted by molar-refractivity contribution is 9.13. The van der Waals surface area contributed by atoms with Crippen molar-refractivity contribution in [1.29, 1.82) is 0 Å². The molecule has 1 aromatic rings. The van der Waals surface area contributed by atoms with Crippen LogP contribution < -0.4 is 0 Å². The van der Waals surface area contributed by atoms with E-state index in [1.54, 1.807) is 6.08 Å². The van der Waals surface area contributed by atoms with Gasteiger partial charge in [0.15, 0.2) is 0 Å². The van der Waals surface area contributed by atoms with Gasteiger partial charge in [-0.3, -0.25) is 4.55 Å². The Bertz CT molecular complexity index is 522. The van der Waals surface area contributed by atoms with E-state index in [0.29, 0.717) is 14.5 Å². The summed E-state index contributed by atoms with van der Waals surface area (Å²) in [7, 11) is -4.24. The van der Waals surface area contributed by atoms with Crippen molar-refractivity contribution in [2.75, 3.05) is 0 Å². The van der Waals surface area contributed by atoms with Gasteiger partial charge < -0.3 is 0 Å². The number of hydrogen-bond acceptors (Lipinski definition) is 2. The lowest BCUT2D eigenvalue weighted by atomic mass is 10.2. The molecule has 0 radical (unpaired) electrons. The first-order valence-electron chi connectivity index (χ1n) is 3.56. The van der Waals surface area contributed by atoms with Crippen molar-refractivity contribution in [3.63, 3.8) is 0 Å². The molecule has 0 aromatic heterocycles. The molecule has 15 heavy (non-hydrogen) atoms. The van der Waals surface area contributed by atoms with Crippen LogP contribution in [0.4, 0.5) is 0 Å². The fourth-order valence-electron chi connectivity index (χ4n) is 0.962. The summed E-state index contributed by atoms with van der Waals surface area (Å²) in [5.74, 6) is 0. The lowest BCUT2D eigenvalue weighted by Gasteiger charge is -2.08. The van der Waals surface area contributed by atoms with Crippen LogP contribution in [0.1, 0.15) is 5.56 Å². The Hall–Kier alpha value is 0.310. The zero-order chi connectivity index (χ0) is 11.8. The van der Waals surface area contributed by atoms with E-state index in [1.165, 1.54) is 6.07 Å². The minimum absolute atomic E-state index is 0.202. The summed E-state index contributed by atoms with van der Waals surface area (Å²) in [6.07, 6.45) is 1.56. The van der Waals surface area contributed by atoms with Gasteiger partial charge in [0.05, 0.1) is 4.47 Å². The van der Waals surface area contributed by atoms with Gasteiger partial charge in [-0.25, -0.2) is 0 Å². The molecule has 0 saturated heterocycles. The molecule has 3 nitrogen and oxygen atoms in total. The fourth-order valence-corrected chi connectivity index (χ4v) is 4.23. The van der Waals surface area contributed by atoms with Gasteiger partial charge >= 0.3 is 0 Å². The van der Waals surface area contributed by atoms with Gasteiger partial charge in [0.25, 0.3) is 10.1 Å². The quantitative estimate of drug-likeness (QED) is 0.583. The molecule has 0 saturated carbocycles. The highest BCUT2D eigenvalue weighted by Gasteiger charge is 2.19. The van der Waals surface area contributed by atoms with Crippen LogP contribution in [0.3, 0.4) is 0 Å². The molecule has 0 aliphatic carbocycles. The lowest BCUT2D eigenvalue weighted by molar-refractivity contribution is 0.482. The molecule has 0 fully saturated rings.